The number of morpholine rings is 1. The molecule has 1 aliphatic heterocycles. The first-order valence-electron chi connectivity index (χ1n) is 9.77. The van der Waals surface area contributed by atoms with Crippen molar-refractivity contribution in [1.82, 2.24) is 15.1 Å². The summed E-state index contributed by atoms with van der Waals surface area (Å²) in [7, 11) is 0. The summed E-state index contributed by atoms with van der Waals surface area (Å²) in [6.45, 7) is 4.23. The maximum atomic E-state index is 12.9. The van der Waals surface area contributed by atoms with Crippen LogP contribution in [0, 0.1) is 0 Å². The predicted molar refractivity (Wildman–Crippen MR) is 107 cm³/mol. The predicted octanol–water partition coefficient (Wildman–Crippen LogP) is 3.42. The Balaban J connectivity index is 1.57. The van der Waals surface area contributed by atoms with Crippen LogP contribution in [0.2, 0.25) is 0 Å². The molecule has 2 aromatic carbocycles. The van der Waals surface area contributed by atoms with Gasteiger partial charge in [-0.25, -0.2) is 0 Å². The van der Waals surface area contributed by atoms with E-state index >= 15 is 0 Å². The normalized spacial score (nSPS) is 15.1. The molecule has 3 aromatic rings. The lowest BCUT2D eigenvalue weighted by atomic mass is 10.1. The summed E-state index contributed by atoms with van der Waals surface area (Å²) in [5, 5.41) is 8.33. The first-order valence-corrected chi connectivity index (χ1v) is 9.77. The molecule has 1 amide bonds. The molecule has 4 rings (SSSR count). The Hall–Kier alpha value is -3.19. The highest BCUT2D eigenvalue weighted by atomic mass is 16.5. The van der Waals surface area contributed by atoms with Crippen molar-refractivity contribution >= 4 is 5.91 Å². The second-order valence-corrected chi connectivity index (χ2v) is 6.73. The summed E-state index contributed by atoms with van der Waals surface area (Å²) in [4.78, 5) is 14.7. The Kier molecular flexibility index (Phi) is 5.86. The summed E-state index contributed by atoms with van der Waals surface area (Å²) in [6.07, 6.45) is -0.0188. The van der Waals surface area contributed by atoms with Crippen LogP contribution in [0.5, 0.6) is 5.75 Å². The minimum Gasteiger partial charge on any atom is -0.480 e. The van der Waals surface area contributed by atoms with Crippen molar-refractivity contribution < 1.29 is 18.7 Å². The lowest BCUT2D eigenvalue weighted by molar-refractivity contribution is -0.142. The third-order valence-electron chi connectivity index (χ3n) is 4.80. The number of para-hydroxylation sites is 1. The fraction of sp³-hybridized carbons (Fsp3) is 0.318. The van der Waals surface area contributed by atoms with Crippen LogP contribution in [0.4, 0.5) is 0 Å². The van der Waals surface area contributed by atoms with E-state index in [4.69, 9.17) is 13.9 Å². The van der Waals surface area contributed by atoms with Crippen LogP contribution in [0.1, 0.15) is 13.3 Å². The van der Waals surface area contributed by atoms with Gasteiger partial charge in [0.1, 0.15) is 5.75 Å². The maximum Gasteiger partial charge on any atom is 0.263 e. The molecule has 1 saturated heterocycles. The van der Waals surface area contributed by atoms with Crippen LogP contribution in [0.25, 0.3) is 22.9 Å². The average Bonchev–Trinajstić information content (AvgIpc) is 3.28. The quantitative estimate of drug-likeness (QED) is 0.639. The Morgan fingerprint density at radius 2 is 1.72 bits per heavy atom. The molecule has 0 N–H and O–H groups in total. The Labute approximate surface area is 169 Å². The molecule has 7 heteroatoms. The standard InChI is InChI=1S/C22H23N3O4/c1-2-18(22(26)25-12-14-27-15-13-25)28-19-11-7-6-10-17(19)21-24-23-20(29-21)16-8-4-3-5-9-16/h3-11,18H,2,12-15H2,1H3/t18-/m1/s1. The van der Waals surface area contributed by atoms with Gasteiger partial charge in [-0.15, -0.1) is 10.2 Å². The molecule has 0 unspecified atom stereocenters. The van der Waals surface area contributed by atoms with E-state index in [1.54, 1.807) is 4.90 Å². The van der Waals surface area contributed by atoms with Crippen LogP contribution in [0.3, 0.4) is 0 Å². The van der Waals surface area contributed by atoms with Crippen molar-refractivity contribution in [2.45, 2.75) is 19.4 Å². The van der Waals surface area contributed by atoms with Crippen LogP contribution >= 0.6 is 0 Å². The van der Waals surface area contributed by atoms with E-state index < -0.39 is 6.10 Å². The molecule has 0 saturated carbocycles. The van der Waals surface area contributed by atoms with Gasteiger partial charge in [-0.1, -0.05) is 37.3 Å². The zero-order chi connectivity index (χ0) is 20.1. The van der Waals surface area contributed by atoms with E-state index in [1.165, 1.54) is 0 Å². The minimum atomic E-state index is -0.578. The lowest BCUT2D eigenvalue weighted by Gasteiger charge is -2.30. The largest absolute Gasteiger partial charge is 0.480 e. The van der Waals surface area contributed by atoms with Crippen molar-refractivity contribution in [2.24, 2.45) is 0 Å². The van der Waals surface area contributed by atoms with E-state index in [-0.39, 0.29) is 5.91 Å². The first-order chi connectivity index (χ1) is 14.3. The fourth-order valence-corrected chi connectivity index (χ4v) is 3.22. The van der Waals surface area contributed by atoms with Crippen LogP contribution in [-0.2, 0) is 9.53 Å². The number of aromatic nitrogens is 2. The fourth-order valence-electron chi connectivity index (χ4n) is 3.22. The van der Waals surface area contributed by atoms with E-state index in [1.807, 2.05) is 61.5 Å². The molecule has 7 nitrogen and oxygen atoms in total. The molecular formula is C22H23N3O4. The molecule has 1 aromatic heterocycles. The van der Waals surface area contributed by atoms with Gasteiger partial charge in [0.2, 0.25) is 5.89 Å². The summed E-state index contributed by atoms with van der Waals surface area (Å²) < 4.78 is 17.3. The number of amides is 1. The highest BCUT2D eigenvalue weighted by Gasteiger charge is 2.27. The molecular weight excluding hydrogens is 370 g/mol. The van der Waals surface area contributed by atoms with Crippen molar-refractivity contribution in [3.8, 4) is 28.7 Å². The number of ether oxygens (including phenoxy) is 2. The smallest absolute Gasteiger partial charge is 0.263 e. The molecule has 150 valence electrons. The topological polar surface area (TPSA) is 77.7 Å². The monoisotopic (exact) mass is 393 g/mol. The number of nitrogens with zero attached hydrogens (tertiary/aromatic N) is 3. The SMILES string of the molecule is CC[C@@H](Oc1ccccc1-c1nnc(-c2ccccc2)o1)C(=O)N1CCOCC1. The highest BCUT2D eigenvalue weighted by Crippen LogP contribution is 2.32. The molecule has 29 heavy (non-hydrogen) atoms. The maximum absolute atomic E-state index is 12.9. The summed E-state index contributed by atoms with van der Waals surface area (Å²) in [5.74, 6) is 1.31. The number of benzene rings is 2. The van der Waals surface area contributed by atoms with Crippen molar-refractivity contribution in [3.63, 3.8) is 0 Å². The molecule has 0 spiro atoms. The molecule has 1 atom stereocenters. The molecule has 0 radical (unpaired) electrons. The first kappa shape index (κ1) is 19.1. The van der Waals surface area contributed by atoms with Gasteiger partial charge in [0, 0.05) is 18.7 Å². The average molecular weight is 393 g/mol. The van der Waals surface area contributed by atoms with Gasteiger partial charge in [0.25, 0.3) is 11.8 Å². The second-order valence-electron chi connectivity index (χ2n) is 6.73. The van der Waals surface area contributed by atoms with Crippen molar-refractivity contribution in [1.29, 1.82) is 0 Å². The van der Waals surface area contributed by atoms with Crippen LogP contribution < -0.4 is 4.74 Å². The van der Waals surface area contributed by atoms with Gasteiger partial charge in [-0.2, -0.15) is 0 Å². The molecule has 0 bridgehead atoms. The lowest BCUT2D eigenvalue weighted by Crippen LogP contribution is -2.47. The van der Waals surface area contributed by atoms with Gasteiger partial charge >= 0.3 is 0 Å². The minimum absolute atomic E-state index is 0.0268. The van der Waals surface area contributed by atoms with Crippen LogP contribution in [-0.4, -0.2) is 53.4 Å². The summed E-state index contributed by atoms with van der Waals surface area (Å²) in [6, 6.07) is 17.0. The van der Waals surface area contributed by atoms with E-state index in [0.717, 1.165) is 5.56 Å². The van der Waals surface area contributed by atoms with E-state index in [2.05, 4.69) is 10.2 Å². The zero-order valence-corrected chi connectivity index (χ0v) is 16.3. The number of hydrogen-bond acceptors (Lipinski definition) is 6. The molecule has 1 fully saturated rings. The Morgan fingerprint density at radius 1 is 1.03 bits per heavy atom. The van der Waals surface area contributed by atoms with Crippen molar-refractivity contribution in [3.05, 3.63) is 54.6 Å². The van der Waals surface area contributed by atoms with E-state index in [0.29, 0.717) is 55.8 Å². The number of carbonyl (C=O) groups is 1. The summed E-state index contributed by atoms with van der Waals surface area (Å²) in [5.41, 5.74) is 1.51. The molecule has 1 aliphatic rings. The molecule has 0 aliphatic carbocycles. The molecule has 2 heterocycles. The number of carbonyl (C=O) groups excluding carboxylic acids is 1. The number of hydrogen-bond donors (Lipinski definition) is 0. The van der Waals surface area contributed by atoms with Gasteiger partial charge < -0.3 is 18.8 Å². The van der Waals surface area contributed by atoms with Crippen LogP contribution in [0.15, 0.2) is 59.0 Å². The van der Waals surface area contributed by atoms with Gasteiger partial charge in [-0.05, 0) is 30.7 Å². The van der Waals surface area contributed by atoms with E-state index in [9.17, 15) is 4.79 Å². The highest BCUT2D eigenvalue weighted by molar-refractivity contribution is 5.81. The van der Waals surface area contributed by atoms with Crippen molar-refractivity contribution in [2.75, 3.05) is 26.3 Å². The zero-order valence-electron chi connectivity index (χ0n) is 16.3. The third-order valence-corrected chi connectivity index (χ3v) is 4.80. The summed E-state index contributed by atoms with van der Waals surface area (Å²) >= 11 is 0. The Bertz CT molecular complexity index is 951. The third kappa shape index (κ3) is 4.30. The number of rotatable bonds is 6. The second kappa shape index (κ2) is 8.87. The van der Waals surface area contributed by atoms with Gasteiger partial charge in [-0.3, -0.25) is 4.79 Å². The Morgan fingerprint density at radius 3 is 2.48 bits per heavy atom. The van der Waals surface area contributed by atoms with Gasteiger partial charge in [0.05, 0.1) is 18.8 Å². The van der Waals surface area contributed by atoms with Gasteiger partial charge in [0.15, 0.2) is 6.10 Å².